The van der Waals surface area contributed by atoms with Gasteiger partial charge in [-0.2, -0.15) is 13.2 Å². The molecule has 0 unspecified atom stereocenters. The minimum atomic E-state index is -4.46. The highest BCUT2D eigenvalue weighted by Crippen LogP contribution is 2.31. The minimum Gasteiger partial charge on any atom is -0.512 e. The molecule has 1 aliphatic rings. The number of amidine groups is 1. The number of alkyl halides is 3. The Bertz CT molecular complexity index is 721. The van der Waals surface area contributed by atoms with Crippen molar-refractivity contribution >= 4 is 17.6 Å². The van der Waals surface area contributed by atoms with Crippen LogP contribution in [0.3, 0.4) is 0 Å². The lowest BCUT2D eigenvalue weighted by Gasteiger charge is -2.40. The van der Waals surface area contributed by atoms with Crippen molar-refractivity contribution in [2.75, 3.05) is 11.4 Å². The van der Waals surface area contributed by atoms with Gasteiger partial charge in [0.25, 0.3) is 0 Å². The summed E-state index contributed by atoms with van der Waals surface area (Å²) in [4.78, 5) is 17.6. The summed E-state index contributed by atoms with van der Waals surface area (Å²) in [6.07, 6.45) is -2.07. The van der Waals surface area contributed by atoms with Crippen LogP contribution in [-0.4, -0.2) is 34.4 Å². The molecule has 6 nitrogen and oxygen atoms in total. The molecule has 1 amide bonds. The summed E-state index contributed by atoms with van der Waals surface area (Å²) < 4.78 is 37.8. The number of hydrogen-bond acceptors (Lipinski definition) is 5. The first kappa shape index (κ1) is 19.7. The Morgan fingerprint density at radius 2 is 2.04 bits per heavy atom. The van der Waals surface area contributed by atoms with Crippen LogP contribution in [0.15, 0.2) is 30.2 Å². The van der Waals surface area contributed by atoms with Crippen molar-refractivity contribution in [2.24, 2.45) is 5.41 Å². The third-order valence-corrected chi connectivity index (χ3v) is 4.00. The number of nitrogens with one attached hydrogen (secondary N) is 2. The van der Waals surface area contributed by atoms with Crippen LogP contribution in [0, 0.1) is 10.8 Å². The Balaban J connectivity index is 2.02. The van der Waals surface area contributed by atoms with E-state index in [9.17, 15) is 23.1 Å². The highest BCUT2D eigenvalue weighted by Gasteiger charge is 2.36. The van der Waals surface area contributed by atoms with Crippen LogP contribution in [0.2, 0.25) is 0 Å². The molecule has 0 spiro atoms. The maximum atomic E-state index is 12.6. The van der Waals surface area contributed by atoms with Gasteiger partial charge in [0.05, 0.1) is 5.56 Å². The first-order chi connectivity index (χ1) is 11.9. The van der Waals surface area contributed by atoms with Crippen LogP contribution in [0.5, 0.6) is 0 Å². The molecule has 1 fully saturated rings. The van der Waals surface area contributed by atoms with Crippen molar-refractivity contribution in [1.29, 1.82) is 5.41 Å². The van der Waals surface area contributed by atoms with Gasteiger partial charge in [-0.15, -0.1) is 0 Å². The molecule has 2 heterocycles. The Kier molecular flexibility index (Phi) is 5.29. The van der Waals surface area contributed by atoms with Gasteiger partial charge in [-0.3, -0.25) is 10.2 Å². The fourth-order valence-corrected chi connectivity index (χ4v) is 2.26. The standard InChI is InChI=1S/C17H21F3N4O2/c1-16(2,3)12(25)8-13(21)23-15(26)11-6-7-24(11)14-5-4-10(9-22-14)17(18,19)20/h4-5,8-9,11,25H,6-7H2,1-3H3,(H2,21,23,26)/b12-8-/t11-/m0/s1. The summed E-state index contributed by atoms with van der Waals surface area (Å²) in [7, 11) is 0. The molecule has 0 bridgehead atoms. The van der Waals surface area contributed by atoms with Gasteiger partial charge in [0, 0.05) is 24.2 Å². The first-order valence-electron chi connectivity index (χ1n) is 8.00. The Morgan fingerprint density at radius 1 is 1.38 bits per heavy atom. The van der Waals surface area contributed by atoms with Crippen molar-refractivity contribution in [2.45, 2.75) is 39.4 Å². The van der Waals surface area contributed by atoms with E-state index in [0.717, 1.165) is 18.3 Å². The monoisotopic (exact) mass is 370 g/mol. The van der Waals surface area contributed by atoms with E-state index in [1.807, 2.05) is 0 Å². The summed E-state index contributed by atoms with van der Waals surface area (Å²) in [6.45, 7) is 5.76. The van der Waals surface area contributed by atoms with Crippen molar-refractivity contribution in [3.8, 4) is 0 Å². The second kappa shape index (κ2) is 6.97. The summed E-state index contributed by atoms with van der Waals surface area (Å²) in [5, 5.41) is 20.0. The number of allylic oxidation sites excluding steroid dienone is 1. The SMILES string of the molecule is CC(C)(C)/C(O)=C/C(=N)NC(=O)[C@@H]1CCN1c1ccc(C(F)(F)F)cn1. The second-order valence-corrected chi connectivity index (χ2v) is 7.08. The average Bonchev–Trinajstić information content (AvgIpc) is 2.44. The number of pyridine rings is 1. The number of aliphatic hydroxyl groups excluding tert-OH is 1. The van der Waals surface area contributed by atoms with E-state index in [1.165, 1.54) is 6.07 Å². The lowest BCUT2D eigenvalue weighted by Crippen LogP contribution is -2.57. The van der Waals surface area contributed by atoms with Gasteiger partial charge in [-0.05, 0) is 18.6 Å². The molecule has 26 heavy (non-hydrogen) atoms. The molecular formula is C17H21F3N4O2. The van der Waals surface area contributed by atoms with Gasteiger partial charge < -0.3 is 15.3 Å². The third kappa shape index (κ3) is 4.53. The molecule has 0 saturated carbocycles. The number of amides is 1. The number of halogens is 3. The highest BCUT2D eigenvalue weighted by molar-refractivity contribution is 6.05. The zero-order valence-corrected chi connectivity index (χ0v) is 14.7. The molecule has 1 aliphatic heterocycles. The smallest absolute Gasteiger partial charge is 0.417 e. The van der Waals surface area contributed by atoms with Crippen LogP contribution < -0.4 is 10.2 Å². The van der Waals surface area contributed by atoms with Gasteiger partial charge in [0.2, 0.25) is 5.91 Å². The van der Waals surface area contributed by atoms with E-state index < -0.39 is 29.1 Å². The number of anilines is 1. The van der Waals surface area contributed by atoms with Crippen molar-refractivity contribution < 1.29 is 23.1 Å². The molecule has 3 N–H and O–H groups in total. The van der Waals surface area contributed by atoms with Gasteiger partial charge >= 0.3 is 6.18 Å². The molecule has 9 heteroatoms. The second-order valence-electron chi connectivity index (χ2n) is 7.08. The molecule has 0 radical (unpaired) electrons. The molecule has 0 aromatic carbocycles. The lowest BCUT2D eigenvalue weighted by molar-refractivity contribution is -0.137. The number of rotatable bonds is 3. The summed E-state index contributed by atoms with van der Waals surface area (Å²) in [6, 6.07) is 1.52. The Hall–Kier alpha value is -2.58. The summed E-state index contributed by atoms with van der Waals surface area (Å²) in [5.74, 6) is -0.503. The molecule has 1 aromatic heterocycles. The predicted molar refractivity (Wildman–Crippen MR) is 91.0 cm³/mol. The molecule has 142 valence electrons. The lowest BCUT2D eigenvalue weighted by atomic mass is 9.93. The number of hydrogen-bond donors (Lipinski definition) is 3. The molecule has 1 saturated heterocycles. The van der Waals surface area contributed by atoms with Crippen LogP contribution in [-0.2, 0) is 11.0 Å². The minimum absolute atomic E-state index is 0.0438. The fraction of sp³-hybridized carbons (Fsp3) is 0.471. The largest absolute Gasteiger partial charge is 0.512 e. The first-order valence-corrected chi connectivity index (χ1v) is 8.00. The van der Waals surface area contributed by atoms with E-state index in [-0.39, 0.29) is 17.4 Å². The third-order valence-electron chi connectivity index (χ3n) is 4.00. The maximum absolute atomic E-state index is 12.6. The average molecular weight is 370 g/mol. The van der Waals surface area contributed by atoms with Gasteiger partial charge in [-0.25, -0.2) is 4.98 Å². The molecular weight excluding hydrogens is 349 g/mol. The molecule has 0 aliphatic carbocycles. The number of nitrogens with zero attached hydrogens (tertiary/aromatic N) is 2. The van der Waals surface area contributed by atoms with Crippen LogP contribution in [0.4, 0.5) is 19.0 Å². The summed E-state index contributed by atoms with van der Waals surface area (Å²) in [5.41, 5.74) is -1.41. The van der Waals surface area contributed by atoms with Gasteiger partial charge in [-0.1, -0.05) is 20.8 Å². The van der Waals surface area contributed by atoms with Crippen LogP contribution >= 0.6 is 0 Å². The molecule has 2 rings (SSSR count). The quantitative estimate of drug-likeness (QED) is 0.433. The van der Waals surface area contributed by atoms with Gasteiger partial charge in [0.1, 0.15) is 23.5 Å². The molecule has 1 atom stereocenters. The van der Waals surface area contributed by atoms with E-state index in [2.05, 4.69) is 10.3 Å². The van der Waals surface area contributed by atoms with Crippen molar-refractivity contribution in [1.82, 2.24) is 10.3 Å². The Labute approximate surface area is 149 Å². The van der Waals surface area contributed by atoms with Crippen LogP contribution in [0.25, 0.3) is 0 Å². The zero-order chi connectivity index (χ0) is 19.7. The summed E-state index contributed by atoms with van der Waals surface area (Å²) >= 11 is 0. The normalized spacial score (nSPS) is 18.3. The van der Waals surface area contributed by atoms with E-state index in [1.54, 1.807) is 25.7 Å². The van der Waals surface area contributed by atoms with Crippen molar-refractivity contribution in [3.05, 3.63) is 35.7 Å². The fourth-order valence-electron chi connectivity index (χ4n) is 2.26. The van der Waals surface area contributed by atoms with E-state index in [0.29, 0.717) is 13.0 Å². The molecule has 1 aromatic rings. The van der Waals surface area contributed by atoms with E-state index >= 15 is 0 Å². The zero-order valence-electron chi connectivity index (χ0n) is 14.7. The number of carbonyl (C=O) groups excluding carboxylic acids is 1. The highest BCUT2D eigenvalue weighted by atomic mass is 19.4. The predicted octanol–water partition coefficient (Wildman–Crippen LogP) is 3.26. The van der Waals surface area contributed by atoms with Gasteiger partial charge in [0.15, 0.2) is 0 Å². The van der Waals surface area contributed by atoms with Crippen LogP contribution in [0.1, 0.15) is 32.8 Å². The maximum Gasteiger partial charge on any atom is 0.417 e. The Morgan fingerprint density at radius 3 is 2.46 bits per heavy atom. The van der Waals surface area contributed by atoms with Crippen molar-refractivity contribution in [3.63, 3.8) is 0 Å². The van der Waals surface area contributed by atoms with E-state index in [4.69, 9.17) is 5.41 Å². The number of aromatic nitrogens is 1. The number of aliphatic hydroxyl groups is 1. The number of carbonyl (C=O) groups is 1. The topological polar surface area (TPSA) is 89.3 Å².